The minimum atomic E-state index is -2.36. The average molecular weight is 905 g/mol. The van der Waals surface area contributed by atoms with Crippen LogP contribution in [0.4, 0.5) is 0 Å². The quantitative estimate of drug-likeness (QED) is 0.150. The second-order valence-corrected chi connectivity index (χ2v) is 14.6. The summed E-state index contributed by atoms with van der Waals surface area (Å²) in [6.45, 7) is 9.53. The number of furan rings is 1. The molecule has 279 valence electrons. The van der Waals surface area contributed by atoms with E-state index in [1.807, 2.05) is 39.1 Å². The molecule has 8 rings (SSSR count). The van der Waals surface area contributed by atoms with Gasteiger partial charge in [-0.05, 0) is 97.1 Å². The second kappa shape index (κ2) is 17.1. The zero-order valence-corrected chi connectivity index (χ0v) is 34.2. The van der Waals surface area contributed by atoms with Gasteiger partial charge in [-0.25, -0.2) is 4.98 Å². The molecule has 0 amide bonds. The van der Waals surface area contributed by atoms with Gasteiger partial charge in [0, 0.05) is 53.2 Å². The van der Waals surface area contributed by atoms with E-state index in [4.69, 9.17) is 14.0 Å². The van der Waals surface area contributed by atoms with Crippen LogP contribution in [-0.4, -0.2) is 15.0 Å². The summed E-state index contributed by atoms with van der Waals surface area (Å²) in [5.74, 6) is 0. The topological polar surface area (TPSA) is 51.8 Å². The van der Waals surface area contributed by atoms with Crippen molar-refractivity contribution in [1.29, 1.82) is 0 Å². The zero-order valence-electron chi connectivity index (χ0n) is 38.8. The van der Waals surface area contributed by atoms with Crippen LogP contribution in [0.3, 0.4) is 0 Å². The van der Waals surface area contributed by atoms with Crippen molar-refractivity contribution >= 4 is 22.1 Å². The van der Waals surface area contributed by atoms with Crippen LogP contribution < -0.4 is 0 Å². The summed E-state index contributed by atoms with van der Waals surface area (Å²) in [6.07, 6.45) is 0.308. The first kappa shape index (κ1) is 31.0. The van der Waals surface area contributed by atoms with Gasteiger partial charge in [0.05, 0.1) is 5.58 Å². The molecule has 4 aromatic carbocycles. The molecule has 0 aliphatic carbocycles. The Morgan fingerprint density at radius 3 is 2.27 bits per heavy atom. The number of rotatable bonds is 7. The number of fused-ring (bicyclic) bond motifs is 3. The first-order valence-corrected chi connectivity index (χ1v) is 18.0. The third kappa shape index (κ3) is 9.54. The van der Waals surface area contributed by atoms with Gasteiger partial charge in [0.2, 0.25) is 5.71 Å². The van der Waals surface area contributed by atoms with E-state index in [2.05, 4.69) is 90.3 Å². The summed E-state index contributed by atoms with van der Waals surface area (Å²) < 4.78 is 63.6. The number of aryl methyl sites for hydroxylation is 6. The Morgan fingerprint density at radius 1 is 0.745 bits per heavy atom. The van der Waals surface area contributed by atoms with Gasteiger partial charge in [-0.2, -0.15) is 0 Å². The number of hydrogen-bond acceptors (Lipinski definition) is 4. The van der Waals surface area contributed by atoms with Crippen LogP contribution >= 0.6 is 0 Å². The zero-order chi connectivity index (χ0) is 43.9. The van der Waals surface area contributed by atoms with Gasteiger partial charge >= 0.3 is 0 Å². The van der Waals surface area contributed by atoms with Crippen LogP contribution in [0.5, 0.6) is 0 Å². The fourth-order valence-corrected chi connectivity index (χ4v) is 6.24. The standard InChI is InChI=1S/C30H29N2O.C20H18N.Ir/c1-20-8-15-25-24-6-5-7-26(28(24)33-29(25)32-20)27-18-22(16-17-31-27)12-9-21-10-13-23(14-11-21)19-30(2,3)4;1-14-9-10-18(20-11-15(2)16(3)13-21-20)12-19(14)17-7-5-4-6-8-17;/h5-6,8,10-11,13-18H,9,12,19H2,1-4H3;4-9,11-13H,1-3H3;/q2*-1;/i1D3,12D2,19D2;;. The minimum absolute atomic E-state index is 0. The van der Waals surface area contributed by atoms with Crippen LogP contribution in [0.15, 0.2) is 126 Å². The van der Waals surface area contributed by atoms with E-state index in [0.29, 0.717) is 33.4 Å². The Morgan fingerprint density at radius 2 is 1.53 bits per heavy atom. The van der Waals surface area contributed by atoms with E-state index in [-0.39, 0.29) is 37.9 Å². The van der Waals surface area contributed by atoms with E-state index in [1.54, 1.807) is 54.7 Å². The minimum Gasteiger partial charge on any atom is -0.486 e. The van der Waals surface area contributed by atoms with Gasteiger partial charge in [0.25, 0.3) is 0 Å². The number of pyridine rings is 3. The van der Waals surface area contributed by atoms with Gasteiger partial charge < -0.3 is 14.4 Å². The molecule has 0 aliphatic rings. The molecule has 0 atom stereocenters. The molecule has 0 fully saturated rings. The number of benzene rings is 4. The maximum Gasteiger partial charge on any atom is 0.216 e. The molecule has 1 radical (unpaired) electrons. The first-order chi connectivity index (χ1) is 28.7. The van der Waals surface area contributed by atoms with Crippen LogP contribution in [0, 0.1) is 45.2 Å². The van der Waals surface area contributed by atoms with Crippen LogP contribution in [0.2, 0.25) is 0 Å². The number of aromatic nitrogens is 3. The molecule has 0 saturated carbocycles. The van der Waals surface area contributed by atoms with E-state index in [9.17, 15) is 0 Å². The molecular weight excluding hydrogens is 851 g/mol. The third-order valence-corrected chi connectivity index (χ3v) is 9.18. The van der Waals surface area contributed by atoms with Crippen molar-refractivity contribution in [3.8, 4) is 33.6 Å². The van der Waals surface area contributed by atoms with E-state index < -0.39 is 25.0 Å². The Bertz CT molecular complexity index is 2850. The van der Waals surface area contributed by atoms with Crippen molar-refractivity contribution in [3.05, 3.63) is 173 Å². The summed E-state index contributed by atoms with van der Waals surface area (Å²) in [5.41, 5.74) is 10.9. The SMILES string of the molecule is Cc1cnc(-c2[c-]cc(C)c(-c3ccccc3)c2)cc1C.[2H]C([2H])([2H])c1ccc2c(n1)oc1c(-c3cc(C([2H])([2H])Cc4ccc(C([2H])([2H])C(C)(C)C)cc4)ccn3)[c-]ccc12.[Ir]. The molecule has 4 heterocycles. The summed E-state index contributed by atoms with van der Waals surface area (Å²) >= 11 is 0. The van der Waals surface area contributed by atoms with Crippen molar-refractivity contribution in [3.63, 3.8) is 0 Å². The Hall–Kier alpha value is -5.22. The predicted molar refractivity (Wildman–Crippen MR) is 223 cm³/mol. The molecule has 0 saturated heterocycles. The van der Waals surface area contributed by atoms with Crippen LogP contribution in [-0.2, 0) is 39.3 Å². The predicted octanol–water partition coefficient (Wildman–Crippen LogP) is 12.7. The fraction of sp³-hybridized carbons (Fsp3) is 0.220. The first-order valence-electron chi connectivity index (χ1n) is 21.5. The fourth-order valence-electron chi connectivity index (χ4n) is 6.24. The average Bonchev–Trinajstić information content (AvgIpc) is 3.60. The molecule has 8 aromatic rings. The molecule has 0 bridgehead atoms. The third-order valence-electron chi connectivity index (χ3n) is 9.18. The van der Waals surface area contributed by atoms with E-state index >= 15 is 0 Å². The molecule has 4 nitrogen and oxygen atoms in total. The van der Waals surface area contributed by atoms with Gasteiger partial charge in [-0.1, -0.05) is 122 Å². The monoisotopic (exact) mass is 905 g/mol. The van der Waals surface area contributed by atoms with Gasteiger partial charge in [0.15, 0.2) is 0 Å². The van der Waals surface area contributed by atoms with Gasteiger partial charge in [-0.15, -0.1) is 47.5 Å². The Balaban J connectivity index is 0.000000245. The maximum atomic E-state index is 8.84. The molecular formula is C50H47IrN3O-2. The summed E-state index contributed by atoms with van der Waals surface area (Å²) in [6, 6.07) is 40.3. The normalized spacial score (nSPS) is 13.9. The van der Waals surface area contributed by atoms with Crippen molar-refractivity contribution in [2.45, 2.75) is 67.6 Å². The molecule has 5 heteroatoms. The van der Waals surface area contributed by atoms with Crippen molar-refractivity contribution in [2.75, 3.05) is 0 Å². The summed E-state index contributed by atoms with van der Waals surface area (Å²) in [4.78, 5) is 13.2. The van der Waals surface area contributed by atoms with Crippen molar-refractivity contribution in [2.24, 2.45) is 5.41 Å². The van der Waals surface area contributed by atoms with E-state index in [1.165, 1.54) is 33.9 Å². The molecule has 0 spiro atoms. The van der Waals surface area contributed by atoms with Crippen LogP contribution in [0.1, 0.15) is 69.4 Å². The number of nitrogens with zero attached hydrogens (tertiary/aromatic N) is 3. The summed E-state index contributed by atoms with van der Waals surface area (Å²) in [5, 5.41) is 1.41. The maximum absolute atomic E-state index is 8.84. The molecule has 55 heavy (non-hydrogen) atoms. The smallest absolute Gasteiger partial charge is 0.216 e. The van der Waals surface area contributed by atoms with Crippen LogP contribution in [0.25, 0.3) is 55.7 Å². The molecule has 0 N–H and O–H groups in total. The molecule has 4 aromatic heterocycles. The van der Waals surface area contributed by atoms with Crippen molar-refractivity contribution < 1.29 is 34.1 Å². The second-order valence-electron chi connectivity index (χ2n) is 14.6. The molecule has 0 aliphatic heterocycles. The largest absolute Gasteiger partial charge is 0.486 e. The molecule has 0 unspecified atom stereocenters. The van der Waals surface area contributed by atoms with Gasteiger partial charge in [-0.3, -0.25) is 0 Å². The van der Waals surface area contributed by atoms with Crippen molar-refractivity contribution in [1.82, 2.24) is 15.0 Å². The number of hydrogen-bond donors (Lipinski definition) is 0. The Kier molecular flexibility index (Phi) is 9.63. The van der Waals surface area contributed by atoms with Gasteiger partial charge in [0.1, 0.15) is 0 Å². The summed E-state index contributed by atoms with van der Waals surface area (Å²) in [7, 11) is 0. The Labute approximate surface area is 349 Å². The van der Waals surface area contributed by atoms with E-state index in [0.717, 1.165) is 22.2 Å².